The number of aromatic nitrogens is 4. The highest BCUT2D eigenvalue weighted by atomic mass is 31.2. The smallest absolute Gasteiger partial charge is 0.387 e. The Kier molecular flexibility index (Phi) is 5.35. The fourth-order valence-corrected chi connectivity index (χ4v) is 3.16. The summed E-state index contributed by atoms with van der Waals surface area (Å²) in [6, 6.07) is 0. The Morgan fingerprint density at radius 2 is 1.78 bits per heavy atom. The quantitative estimate of drug-likeness (QED) is 0.274. The van der Waals surface area contributed by atoms with Gasteiger partial charge in [-0.1, -0.05) is 0 Å². The Bertz CT molecular complexity index is 925. The zero-order chi connectivity index (χ0) is 20.0. The van der Waals surface area contributed by atoms with Gasteiger partial charge in [-0.05, 0) is 0 Å². The van der Waals surface area contributed by atoms with Crippen LogP contribution < -0.4 is 4.52 Å². The second-order valence-corrected chi connectivity index (χ2v) is 7.82. The number of hydrogen-bond donors (Lipinski definition) is 6. The summed E-state index contributed by atoms with van der Waals surface area (Å²) >= 11 is 0. The molecule has 3 rings (SSSR count). The van der Waals surface area contributed by atoms with Gasteiger partial charge < -0.3 is 29.3 Å². The molecule has 0 aromatic carbocycles. The first-order valence-electron chi connectivity index (χ1n) is 7.10. The Balaban J connectivity index is 1.88. The topological polar surface area (TPSA) is 227 Å². The number of hydrogen-bond acceptors (Lipinski definition) is 10. The van der Waals surface area contributed by atoms with Crippen LogP contribution in [0.5, 0.6) is 5.88 Å². The minimum absolute atomic E-state index is 0.0405. The van der Waals surface area contributed by atoms with Gasteiger partial charge >= 0.3 is 15.6 Å². The summed E-state index contributed by atoms with van der Waals surface area (Å²) in [5, 5.41) is 20.2. The normalized spacial score (nSPS) is 26.6. The van der Waals surface area contributed by atoms with Crippen molar-refractivity contribution in [2.45, 2.75) is 24.5 Å². The highest BCUT2D eigenvalue weighted by molar-refractivity contribution is 7.46. The van der Waals surface area contributed by atoms with Gasteiger partial charge in [0.2, 0.25) is 0 Å². The van der Waals surface area contributed by atoms with Crippen molar-refractivity contribution < 1.29 is 52.7 Å². The van der Waals surface area contributed by atoms with E-state index in [1.807, 2.05) is 0 Å². The zero-order valence-electron chi connectivity index (χ0n) is 13.1. The van der Waals surface area contributed by atoms with E-state index in [1.54, 1.807) is 0 Å². The molecule has 1 saturated heterocycles. The highest BCUT2D eigenvalue weighted by Crippen LogP contribution is 2.41. The molecule has 6 N–H and O–H groups in total. The zero-order valence-corrected chi connectivity index (χ0v) is 14.9. The van der Waals surface area contributed by atoms with Crippen molar-refractivity contribution in [1.82, 2.24) is 19.5 Å². The van der Waals surface area contributed by atoms with Crippen LogP contribution in [0.3, 0.4) is 0 Å². The monoisotopic (exact) mass is 428 g/mol. The number of ether oxygens (including phenoxy) is 1. The van der Waals surface area contributed by atoms with Crippen molar-refractivity contribution in [3.8, 4) is 5.88 Å². The molecule has 3 heterocycles. The highest BCUT2D eigenvalue weighted by Gasteiger charge is 2.45. The molecule has 0 unspecified atom stereocenters. The van der Waals surface area contributed by atoms with Crippen molar-refractivity contribution in [3.63, 3.8) is 0 Å². The van der Waals surface area contributed by atoms with Crippen LogP contribution in [-0.4, -0.2) is 74.2 Å². The number of aliphatic hydroxyl groups is 2. The molecule has 0 aliphatic carbocycles. The molecule has 17 heteroatoms. The average Bonchev–Trinajstić information content (AvgIpc) is 3.07. The van der Waals surface area contributed by atoms with Crippen molar-refractivity contribution >= 4 is 26.8 Å². The molecule has 0 amide bonds. The SMILES string of the molecule is O=P(O)(O)OC[C@@H]1O[C@@H](n2cnc3c(OP(=O)(O)O)ncnc32)[C@H](O)[C@H]1O. The third-order valence-electron chi connectivity index (χ3n) is 3.55. The second-order valence-electron chi connectivity index (χ2n) is 5.42. The number of aliphatic hydroxyl groups excluding tert-OH is 2. The number of nitrogens with zero attached hydrogens (tertiary/aromatic N) is 4. The van der Waals surface area contributed by atoms with E-state index >= 15 is 0 Å². The van der Waals surface area contributed by atoms with Gasteiger partial charge in [0, 0.05) is 0 Å². The molecule has 0 bridgehead atoms. The van der Waals surface area contributed by atoms with E-state index in [0.717, 1.165) is 17.2 Å². The summed E-state index contributed by atoms with van der Waals surface area (Å²) in [5.74, 6) is -0.512. The lowest BCUT2D eigenvalue weighted by Gasteiger charge is -2.16. The number of imidazole rings is 1. The lowest BCUT2D eigenvalue weighted by atomic mass is 10.1. The largest absolute Gasteiger partial charge is 0.526 e. The molecule has 0 radical (unpaired) electrons. The van der Waals surface area contributed by atoms with E-state index in [1.165, 1.54) is 0 Å². The predicted molar refractivity (Wildman–Crippen MR) is 81.9 cm³/mol. The van der Waals surface area contributed by atoms with Crippen molar-refractivity contribution in [3.05, 3.63) is 12.7 Å². The number of phosphoric acid groups is 2. The van der Waals surface area contributed by atoms with E-state index in [0.29, 0.717) is 0 Å². The van der Waals surface area contributed by atoms with Gasteiger partial charge in [-0.2, -0.15) is 4.98 Å². The van der Waals surface area contributed by atoms with E-state index in [9.17, 15) is 19.3 Å². The minimum atomic E-state index is -4.92. The van der Waals surface area contributed by atoms with Crippen LogP contribution in [0.1, 0.15) is 6.23 Å². The van der Waals surface area contributed by atoms with E-state index in [2.05, 4.69) is 24.0 Å². The van der Waals surface area contributed by atoms with Gasteiger partial charge in [-0.15, -0.1) is 0 Å². The molecule has 15 nitrogen and oxygen atoms in total. The molecule has 1 aliphatic rings. The first kappa shape index (κ1) is 20.2. The van der Waals surface area contributed by atoms with Crippen LogP contribution >= 0.6 is 15.6 Å². The molecule has 1 fully saturated rings. The van der Waals surface area contributed by atoms with Crippen LogP contribution in [0, 0.1) is 0 Å². The molecule has 2 aromatic rings. The molecule has 0 spiro atoms. The Morgan fingerprint density at radius 1 is 1.07 bits per heavy atom. The summed E-state index contributed by atoms with van der Waals surface area (Å²) in [4.78, 5) is 46.6. The number of fused-ring (bicyclic) bond motifs is 1. The maximum Gasteiger partial charge on any atom is 0.526 e. The fourth-order valence-electron chi connectivity index (χ4n) is 2.46. The summed E-state index contributed by atoms with van der Waals surface area (Å²) in [5.41, 5.74) is -0.192. The summed E-state index contributed by atoms with van der Waals surface area (Å²) in [6.07, 6.45) is -3.63. The lowest BCUT2D eigenvalue weighted by molar-refractivity contribution is -0.0504. The molecular formula is C10H14N4O11P2. The van der Waals surface area contributed by atoms with Crippen molar-refractivity contribution in [2.24, 2.45) is 0 Å². The molecule has 4 atom stereocenters. The van der Waals surface area contributed by atoms with Gasteiger partial charge in [0.1, 0.15) is 24.6 Å². The van der Waals surface area contributed by atoms with E-state index < -0.39 is 52.7 Å². The van der Waals surface area contributed by atoms with Gasteiger partial charge in [0.05, 0.1) is 12.9 Å². The third-order valence-corrected chi connectivity index (χ3v) is 4.45. The molecule has 1 aliphatic heterocycles. The van der Waals surface area contributed by atoms with Gasteiger partial charge in [-0.3, -0.25) is 18.9 Å². The van der Waals surface area contributed by atoms with E-state index in [-0.39, 0.29) is 11.2 Å². The third kappa shape index (κ3) is 4.50. The molecular weight excluding hydrogens is 414 g/mol. The lowest BCUT2D eigenvalue weighted by Crippen LogP contribution is -2.33. The van der Waals surface area contributed by atoms with Crippen molar-refractivity contribution in [1.29, 1.82) is 0 Å². The van der Waals surface area contributed by atoms with Crippen LogP contribution in [-0.2, 0) is 18.4 Å². The molecule has 150 valence electrons. The summed E-state index contributed by atoms with van der Waals surface area (Å²) < 4.78 is 37.0. The van der Waals surface area contributed by atoms with Crippen LogP contribution in [0.2, 0.25) is 0 Å². The maximum absolute atomic E-state index is 11.0. The first-order valence-corrected chi connectivity index (χ1v) is 10.2. The Morgan fingerprint density at radius 3 is 2.41 bits per heavy atom. The Hall–Kier alpha value is -1.51. The predicted octanol–water partition coefficient (Wildman–Crippen LogP) is -1.97. The Labute approximate surface area is 149 Å². The van der Waals surface area contributed by atoms with Crippen LogP contribution in [0.15, 0.2) is 12.7 Å². The molecule has 2 aromatic heterocycles. The number of rotatable bonds is 6. The standard InChI is InChI=1S/C10H14N4O11P2/c15-6-4(1-23-26(17,18)19)24-10(7(6)16)14-3-13-5-8(14)11-2-12-9(5)25-27(20,21)22/h2-4,6-7,10,15-16H,1H2,(H2,17,18,19)(H2,20,21,22)/t4-,6-,7+,10+/m0/s1. The van der Waals surface area contributed by atoms with E-state index in [4.69, 9.17) is 24.3 Å². The van der Waals surface area contributed by atoms with Gasteiger partial charge in [0.25, 0.3) is 5.88 Å². The maximum atomic E-state index is 11.0. The first-order chi connectivity index (χ1) is 12.5. The molecule has 0 saturated carbocycles. The summed E-state index contributed by atoms with van der Waals surface area (Å²) in [6.45, 7) is -0.701. The van der Waals surface area contributed by atoms with Crippen LogP contribution in [0.4, 0.5) is 0 Å². The van der Waals surface area contributed by atoms with Gasteiger partial charge in [0.15, 0.2) is 17.4 Å². The fraction of sp³-hybridized carbons (Fsp3) is 0.500. The second kappa shape index (κ2) is 7.14. The minimum Gasteiger partial charge on any atom is -0.387 e. The van der Waals surface area contributed by atoms with Gasteiger partial charge in [-0.25, -0.2) is 19.1 Å². The van der Waals surface area contributed by atoms with Crippen LogP contribution in [0.25, 0.3) is 11.2 Å². The summed E-state index contributed by atoms with van der Waals surface area (Å²) in [7, 11) is -9.73. The number of phosphoric ester groups is 2. The van der Waals surface area contributed by atoms with Crippen molar-refractivity contribution in [2.75, 3.05) is 6.61 Å². The average molecular weight is 428 g/mol. The molecule has 27 heavy (non-hydrogen) atoms.